The van der Waals surface area contributed by atoms with Gasteiger partial charge in [-0.3, -0.25) is 9.59 Å². The summed E-state index contributed by atoms with van der Waals surface area (Å²) in [4.78, 5) is 42.4. The van der Waals surface area contributed by atoms with Crippen LogP contribution in [0.2, 0.25) is 0 Å². The summed E-state index contributed by atoms with van der Waals surface area (Å²) in [7, 11) is 1.59. The molecule has 2 aromatic rings. The van der Waals surface area contributed by atoms with Crippen molar-refractivity contribution in [3.8, 4) is 0 Å². The Kier molecular flexibility index (Phi) is 12.1. The first-order valence-electron chi connectivity index (χ1n) is 17.0. The minimum atomic E-state index is -0.597. The van der Waals surface area contributed by atoms with Crippen molar-refractivity contribution in [3.63, 3.8) is 0 Å². The second kappa shape index (κ2) is 16.2. The molecular formula is C35H50FN3O7. The lowest BCUT2D eigenvalue weighted by Gasteiger charge is -2.36. The molecule has 3 aliphatic rings. The molecule has 46 heavy (non-hydrogen) atoms. The fourth-order valence-electron chi connectivity index (χ4n) is 7.69. The molecule has 0 radical (unpaired) electrons. The second-order valence-corrected chi connectivity index (χ2v) is 13.4. The van der Waals surface area contributed by atoms with E-state index in [1.807, 2.05) is 11.8 Å². The Morgan fingerprint density at radius 2 is 1.80 bits per heavy atom. The first-order chi connectivity index (χ1) is 22.3. The Bertz CT molecular complexity index is 1320. The number of hydrogen-bond acceptors (Lipinski definition) is 8. The van der Waals surface area contributed by atoms with Crippen LogP contribution in [0.3, 0.4) is 0 Å². The van der Waals surface area contributed by atoms with E-state index in [4.69, 9.17) is 24.4 Å². The van der Waals surface area contributed by atoms with Crippen molar-refractivity contribution in [3.05, 3.63) is 30.0 Å². The first-order valence-corrected chi connectivity index (χ1v) is 17.0. The molecule has 1 saturated heterocycles. The molecule has 3 N–H and O–H groups in total. The Labute approximate surface area is 270 Å². The third-order valence-electron chi connectivity index (χ3n) is 10.3. The van der Waals surface area contributed by atoms with Crippen LogP contribution in [0.25, 0.3) is 11.0 Å². The summed E-state index contributed by atoms with van der Waals surface area (Å²) in [5.41, 5.74) is 7.03. The first kappa shape index (κ1) is 34.3. The molecule has 254 valence electrons. The van der Waals surface area contributed by atoms with E-state index in [0.29, 0.717) is 55.2 Å². The Hall–Kier alpha value is -3.02. The maximum atomic E-state index is 14.1. The molecule has 3 fully saturated rings. The molecule has 1 aliphatic heterocycles. The molecule has 1 aromatic carbocycles. The van der Waals surface area contributed by atoms with Gasteiger partial charge in [-0.15, -0.1) is 0 Å². The number of methoxy groups -OCH3 is 1. The number of benzene rings is 1. The van der Waals surface area contributed by atoms with Gasteiger partial charge in [0.1, 0.15) is 24.9 Å². The Morgan fingerprint density at radius 3 is 2.52 bits per heavy atom. The number of furan rings is 1. The van der Waals surface area contributed by atoms with Gasteiger partial charge < -0.3 is 34.6 Å². The van der Waals surface area contributed by atoms with E-state index < -0.39 is 24.7 Å². The van der Waals surface area contributed by atoms with Gasteiger partial charge in [0.05, 0.1) is 19.3 Å². The van der Waals surface area contributed by atoms with E-state index in [1.165, 1.54) is 6.42 Å². The number of nitrogens with two attached hydrogens (primary N) is 1. The lowest BCUT2D eigenvalue weighted by atomic mass is 9.76. The Morgan fingerprint density at radius 1 is 1.04 bits per heavy atom. The molecule has 2 saturated carbocycles. The van der Waals surface area contributed by atoms with E-state index in [2.05, 4.69) is 5.32 Å². The number of nitrogens with zero attached hydrogens (tertiary/aromatic N) is 1. The summed E-state index contributed by atoms with van der Waals surface area (Å²) in [6, 6.07) is 5.83. The average Bonchev–Trinajstić information content (AvgIpc) is 3.72. The molecule has 11 heteroatoms. The number of ether oxygens (including phenoxy) is 3. The molecule has 1 aromatic heterocycles. The number of rotatable bonds is 13. The number of halogens is 1. The van der Waals surface area contributed by atoms with Crippen molar-refractivity contribution in [2.45, 2.75) is 89.3 Å². The minimum absolute atomic E-state index is 0.0394. The lowest BCUT2D eigenvalue weighted by Crippen LogP contribution is -2.50. The van der Waals surface area contributed by atoms with Crippen LogP contribution < -0.4 is 11.1 Å². The van der Waals surface area contributed by atoms with Gasteiger partial charge in [0, 0.05) is 36.7 Å². The third kappa shape index (κ3) is 8.27. The molecule has 0 unspecified atom stereocenters. The molecule has 2 aliphatic carbocycles. The van der Waals surface area contributed by atoms with Crippen LogP contribution >= 0.6 is 0 Å². The largest absolute Gasteiger partial charge is 0.457 e. The molecule has 2 amide bonds. The lowest BCUT2D eigenvalue weighted by molar-refractivity contribution is -0.142. The van der Waals surface area contributed by atoms with Crippen molar-refractivity contribution in [1.82, 2.24) is 4.90 Å². The number of nitrogens with one attached hydrogen (secondary N) is 1. The van der Waals surface area contributed by atoms with Crippen molar-refractivity contribution < 1.29 is 37.4 Å². The van der Waals surface area contributed by atoms with Crippen LogP contribution in [0.1, 0.15) is 81.7 Å². The number of likely N-dealkylation sites (tertiary alicyclic amines) is 1. The molecular weight excluding hydrogens is 593 g/mol. The number of hydrogen-bond donors (Lipinski definition) is 2. The van der Waals surface area contributed by atoms with Crippen LogP contribution in [0.5, 0.6) is 0 Å². The van der Waals surface area contributed by atoms with Gasteiger partial charge in [0.15, 0.2) is 0 Å². The minimum Gasteiger partial charge on any atom is -0.457 e. The summed E-state index contributed by atoms with van der Waals surface area (Å²) in [6.45, 7) is 2.78. The predicted octanol–water partition coefficient (Wildman–Crippen LogP) is 5.48. The van der Waals surface area contributed by atoms with Crippen molar-refractivity contribution in [1.29, 1.82) is 0 Å². The van der Waals surface area contributed by atoms with Gasteiger partial charge in [-0.2, -0.15) is 0 Å². The summed E-state index contributed by atoms with van der Waals surface area (Å²) in [6.07, 6.45) is 9.05. The topological polar surface area (TPSA) is 133 Å². The number of carbonyl (C=O) groups is 3. The zero-order valence-electron chi connectivity index (χ0n) is 27.2. The average molecular weight is 644 g/mol. The Balaban J connectivity index is 1.26. The van der Waals surface area contributed by atoms with E-state index in [-0.39, 0.29) is 48.0 Å². The quantitative estimate of drug-likeness (QED) is 0.217. The zero-order chi connectivity index (χ0) is 32.6. The second-order valence-electron chi connectivity index (χ2n) is 13.4. The van der Waals surface area contributed by atoms with E-state index in [0.717, 1.165) is 44.9 Å². The van der Waals surface area contributed by atoms with Gasteiger partial charge in [0.2, 0.25) is 17.6 Å². The molecule has 4 atom stereocenters. The number of esters is 1. The van der Waals surface area contributed by atoms with E-state index >= 15 is 0 Å². The highest BCUT2D eigenvalue weighted by Gasteiger charge is 2.47. The van der Waals surface area contributed by atoms with Crippen LogP contribution in [-0.2, 0) is 23.8 Å². The van der Waals surface area contributed by atoms with Gasteiger partial charge in [-0.25, -0.2) is 9.18 Å². The number of anilines is 1. The summed E-state index contributed by atoms with van der Waals surface area (Å²) < 4.78 is 34.7. The number of amides is 2. The number of alkyl halides is 1. The van der Waals surface area contributed by atoms with E-state index in [1.54, 1.807) is 31.4 Å². The van der Waals surface area contributed by atoms with Gasteiger partial charge >= 0.3 is 5.97 Å². The van der Waals surface area contributed by atoms with E-state index in [9.17, 15) is 18.8 Å². The normalized spacial score (nSPS) is 25.3. The smallest absolute Gasteiger partial charge is 0.374 e. The summed E-state index contributed by atoms with van der Waals surface area (Å²) in [5.74, 6) is -0.208. The highest BCUT2D eigenvalue weighted by molar-refractivity contribution is 6.00. The number of carbonyl (C=O) groups excluding carboxylic acids is 3. The number of fused-ring (bicyclic) bond motifs is 1. The SMILES string of the molecule is COCCO[C@H](C)COC(=O)c1cc2cc(NC(=O)[C@@H]3[C@H](C4CCCCC4)CCN3C(=O)[C@H]3CC[C@H]([C@H](N)CF)CC3)ccc2o1. The molecule has 10 nitrogen and oxygen atoms in total. The molecule has 5 rings (SSSR count). The van der Waals surface area contributed by atoms with Crippen molar-refractivity contribution >= 4 is 34.4 Å². The fourth-order valence-corrected chi connectivity index (χ4v) is 7.69. The van der Waals surface area contributed by atoms with Crippen LogP contribution in [-0.4, -0.2) is 81.0 Å². The fraction of sp³-hybridized carbons (Fsp3) is 0.686. The molecule has 0 spiro atoms. The van der Waals surface area contributed by atoms with Crippen molar-refractivity contribution in [2.75, 3.05) is 45.5 Å². The molecule has 2 heterocycles. The summed E-state index contributed by atoms with van der Waals surface area (Å²) in [5, 5.41) is 3.74. The highest BCUT2D eigenvalue weighted by atomic mass is 19.1. The van der Waals surface area contributed by atoms with Crippen LogP contribution in [0, 0.1) is 23.7 Å². The van der Waals surface area contributed by atoms with Gasteiger partial charge in [-0.1, -0.05) is 32.1 Å². The maximum Gasteiger partial charge on any atom is 0.374 e. The van der Waals surface area contributed by atoms with Gasteiger partial charge in [0.25, 0.3) is 0 Å². The third-order valence-corrected chi connectivity index (χ3v) is 10.3. The van der Waals surface area contributed by atoms with Crippen LogP contribution in [0.15, 0.2) is 28.7 Å². The van der Waals surface area contributed by atoms with Crippen molar-refractivity contribution in [2.24, 2.45) is 29.4 Å². The predicted molar refractivity (Wildman–Crippen MR) is 172 cm³/mol. The standard InChI is InChI=1S/C35H50FN3O7/c1-22(44-17-16-43-2)21-45-35(42)31-19-26-18-27(12-13-30(26)46-31)38-33(40)32-28(23-6-4-3-5-7-23)14-15-39(32)34(41)25-10-8-24(9-11-25)29(37)20-36/h12-13,18-19,22-25,28-29,32H,3-11,14-17,20-21,37H2,1-2H3,(H,38,40)/t22-,24-,25-,28+,29-,32+/m1/s1. The highest BCUT2D eigenvalue weighted by Crippen LogP contribution is 2.41. The summed E-state index contributed by atoms with van der Waals surface area (Å²) >= 11 is 0. The zero-order valence-corrected chi connectivity index (χ0v) is 27.2. The van der Waals surface area contributed by atoms with Gasteiger partial charge in [-0.05, 0) is 81.0 Å². The molecule has 0 bridgehead atoms. The monoisotopic (exact) mass is 643 g/mol. The van der Waals surface area contributed by atoms with Crippen LogP contribution in [0.4, 0.5) is 10.1 Å². The maximum absolute atomic E-state index is 14.1.